The number of halogens is 1. The van der Waals surface area contributed by atoms with Gasteiger partial charge in [-0.05, 0) is 65.7 Å². The van der Waals surface area contributed by atoms with Crippen molar-refractivity contribution in [2.24, 2.45) is 7.05 Å². The van der Waals surface area contributed by atoms with Gasteiger partial charge in [-0.25, -0.2) is 0 Å². The molecule has 1 heterocycles. The van der Waals surface area contributed by atoms with E-state index in [0.717, 1.165) is 25.8 Å². The highest BCUT2D eigenvalue weighted by Gasteiger charge is 2.14. The van der Waals surface area contributed by atoms with Crippen LogP contribution < -0.4 is 5.32 Å². The Bertz CT molecular complexity index is 560. The third kappa shape index (κ3) is 4.54. The van der Waals surface area contributed by atoms with Crippen LogP contribution in [0.3, 0.4) is 0 Å². The predicted molar refractivity (Wildman–Crippen MR) is 96.5 cm³/mol. The number of aryl methyl sites for hydroxylation is 2. The second-order valence-electron chi connectivity index (χ2n) is 5.37. The Morgan fingerprint density at radius 2 is 1.95 bits per heavy atom. The molecule has 2 rings (SSSR count). The largest absolute Gasteiger partial charge is 0.310 e. The molecular formula is C17H24IN3. The van der Waals surface area contributed by atoms with Gasteiger partial charge in [0.05, 0.1) is 5.69 Å². The molecule has 4 heteroatoms. The number of hydrogen-bond donors (Lipinski definition) is 1. The summed E-state index contributed by atoms with van der Waals surface area (Å²) in [5.74, 6) is 0. The highest BCUT2D eigenvalue weighted by molar-refractivity contribution is 14.1. The Balaban J connectivity index is 2.19. The van der Waals surface area contributed by atoms with Gasteiger partial charge in [0.25, 0.3) is 0 Å². The molecule has 0 spiro atoms. The molecule has 114 valence electrons. The smallest absolute Gasteiger partial charge is 0.0624 e. The zero-order valence-corrected chi connectivity index (χ0v) is 15.2. The van der Waals surface area contributed by atoms with Crippen molar-refractivity contribution in [1.29, 1.82) is 0 Å². The van der Waals surface area contributed by atoms with Crippen molar-refractivity contribution < 1.29 is 0 Å². The summed E-state index contributed by atoms with van der Waals surface area (Å²) < 4.78 is 3.30. The summed E-state index contributed by atoms with van der Waals surface area (Å²) in [7, 11) is 2.04. The van der Waals surface area contributed by atoms with Gasteiger partial charge in [-0.2, -0.15) is 5.10 Å². The molecule has 1 aromatic heterocycles. The molecular weight excluding hydrogens is 373 g/mol. The average molecular weight is 397 g/mol. The Kier molecular flexibility index (Phi) is 6.23. The van der Waals surface area contributed by atoms with Crippen LogP contribution in [0.4, 0.5) is 0 Å². The van der Waals surface area contributed by atoms with Crippen LogP contribution in [0.2, 0.25) is 0 Å². The second-order valence-corrected chi connectivity index (χ2v) is 6.61. The average Bonchev–Trinajstić information content (AvgIpc) is 2.85. The van der Waals surface area contributed by atoms with Gasteiger partial charge in [0.15, 0.2) is 0 Å². The van der Waals surface area contributed by atoms with Crippen LogP contribution in [-0.2, 0) is 19.9 Å². The van der Waals surface area contributed by atoms with Crippen LogP contribution in [0.1, 0.15) is 43.3 Å². The van der Waals surface area contributed by atoms with Crippen molar-refractivity contribution in [2.45, 2.75) is 39.2 Å². The molecule has 0 aliphatic rings. The third-order valence-electron chi connectivity index (χ3n) is 3.72. The molecule has 1 N–H and O–H groups in total. The molecule has 0 amide bonds. The van der Waals surface area contributed by atoms with E-state index in [9.17, 15) is 0 Å². The van der Waals surface area contributed by atoms with Crippen molar-refractivity contribution in [3.8, 4) is 0 Å². The van der Waals surface area contributed by atoms with E-state index in [4.69, 9.17) is 0 Å². The van der Waals surface area contributed by atoms with E-state index in [1.165, 1.54) is 20.5 Å². The lowest BCUT2D eigenvalue weighted by Crippen LogP contribution is -2.25. The quantitative estimate of drug-likeness (QED) is 0.719. The Labute approximate surface area is 141 Å². The van der Waals surface area contributed by atoms with Crippen molar-refractivity contribution >= 4 is 22.6 Å². The van der Waals surface area contributed by atoms with Crippen molar-refractivity contribution in [3.63, 3.8) is 0 Å². The summed E-state index contributed by atoms with van der Waals surface area (Å²) in [6.45, 7) is 5.39. The molecule has 0 saturated heterocycles. The van der Waals surface area contributed by atoms with Crippen LogP contribution >= 0.6 is 22.6 Å². The van der Waals surface area contributed by atoms with E-state index in [-0.39, 0.29) is 0 Å². The van der Waals surface area contributed by atoms with Gasteiger partial charge >= 0.3 is 0 Å². The number of nitrogens with zero attached hydrogens (tertiary/aromatic N) is 2. The number of rotatable bonds is 7. The normalized spacial score (nSPS) is 12.6. The molecule has 0 bridgehead atoms. The molecule has 0 fully saturated rings. The first kappa shape index (κ1) is 16.5. The molecule has 1 aromatic carbocycles. The van der Waals surface area contributed by atoms with Gasteiger partial charge in [-0.1, -0.05) is 26.0 Å². The van der Waals surface area contributed by atoms with Crippen LogP contribution in [0, 0.1) is 3.57 Å². The van der Waals surface area contributed by atoms with Gasteiger partial charge in [-0.3, -0.25) is 4.68 Å². The van der Waals surface area contributed by atoms with E-state index in [1.54, 1.807) is 0 Å². The number of benzene rings is 1. The van der Waals surface area contributed by atoms with E-state index in [2.05, 4.69) is 77.2 Å². The minimum absolute atomic E-state index is 0.349. The standard InChI is InChI=1S/C17H24IN3/c1-4-10-19-17(13-6-8-14(18)9-7-13)12-16-11-15(5-2)20-21(16)3/h6-9,11,17,19H,4-5,10,12H2,1-3H3. The first-order valence-corrected chi connectivity index (χ1v) is 8.72. The lowest BCUT2D eigenvalue weighted by molar-refractivity contribution is 0.512. The van der Waals surface area contributed by atoms with Crippen molar-refractivity contribution in [1.82, 2.24) is 15.1 Å². The zero-order valence-electron chi connectivity index (χ0n) is 13.1. The fourth-order valence-corrected chi connectivity index (χ4v) is 2.83. The SMILES string of the molecule is CCCNC(Cc1cc(CC)nn1C)c1ccc(I)cc1. The topological polar surface area (TPSA) is 29.9 Å². The summed E-state index contributed by atoms with van der Waals surface area (Å²) in [6.07, 6.45) is 3.11. The lowest BCUT2D eigenvalue weighted by atomic mass is 10.0. The van der Waals surface area contributed by atoms with E-state index < -0.39 is 0 Å². The third-order valence-corrected chi connectivity index (χ3v) is 4.44. The highest BCUT2D eigenvalue weighted by atomic mass is 127. The van der Waals surface area contributed by atoms with Gasteiger partial charge in [0.2, 0.25) is 0 Å². The summed E-state index contributed by atoms with van der Waals surface area (Å²) >= 11 is 2.35. The first-order valence-electron chi connectivity index (χ1n) is 7.64. The Morgan fingerprint density at radius 1 is 1.24 bits per heavy atom. The van der Waals surface area contributed by atoms with Gasteiger partial charge in [0.1, 0.15) is 0 Å². The summed E-state index contributed by atoms with van der Waals surface area (Å²) in [6, 6.07) is 11.4. The molecule has 21 heavy (non-hydrogen) atoms. The van der Waals surface area contributed by atoms with Crippen LogP contribution in [0.15, 0.2) is 30.3 Å². The Morgan fingerprint density at radius 3 is 2.52 bits per heavy atom. The monoisotopic (exact) mass is 397 g/mol. The number of hydrogen-bond acceptors (Lipinski definition) is 2. The molecule has 0 saturated carbocycles. The molecule has 1 unspecified atom stereocenters. The molecule has 2 aromatic rings. The number of nitrogens with one attached hydrogen (secondary N) is 1. The highest BCUT2D eigenvalue weighted by Crippen LogP contribution is 2.20. The number of aromatic nitrogens is 2. The minimum atomic E-state index is 0.349. The second kappa shape index (κ2) is 7.94. The maximum absolute atomic E-state index is 4.56. The maximum Gasteiger partial charge on any atom is 0.0624 e. The summed E-state index contributed by atoms with van der Waals surface area (Å²) in [5, 5.41) is 8.22. The predicted octanol–water partition coefficient (Wildman–Crippen LogP) is 3.87. The van der Waals surface area contributed by atoms with Crippen LogP contribution in [-0.4, -0.2) is 16.3 Å². The minimum Gasteiger partial charge on any atom is -0.310 e. The van der Waals surface area contributed by atoms with Crippen LogP contribution in [0.5, 0.6) is 0 Å². The first-order chi connectivity index (χ1) is 10.1. The van der Waals surface area contributed by atoms with Crippen molar-refractivity contribution in [3.05, 3.63) is 50.9 Å². The fraction of sp³-hybridized carbons (Fsp3) is 0.471. The Hall–Kier alpha value is -0.880. The van der Waals surface area contributed by atoms with E-state index in [1.807, 2.05) is 11.7 Å². The molecule has 3 nitrogen and oxygen atoms in total. The summed E-state index contributed by atoms with van der Waals surface area (Å²) in [5.41, 5.74) is 3.81. The van der Waals surface area contributed by atoms with Crippen LogP contribution in [0.25, 0.3) is 0 Å². The lowest BCUT2D eigenvalue weighted by Gasteiger charge is -2.19. The van der Waals surface area contributed by atoms with Crippen molar-refractivity contribution in [2.75, 3.05) is 6.54 Å². The van der Waals surface area contributed by atoms with E-state index >= 15 is 0 Å². The fourth-order valence-electron chi connectivity index (χ4n) is 2.47. The zero-order chi connectivity index (χ0) is 15.2. The molecule has 0 aliphatic carbocycles. The summed E-state index contributed by atoms with van der Waals surface area (Å²) in [4.78, 5) is 0. The maximum atomic E-state index is 4.56. The van der Waals surface area contributed by atoms with Gasteiger partial charge < -0.3 is 5.32 Å². The molecule has 0 radical (unpaired) electrons. The van der Waals surface area contributed by atoms with E-state index in [0.29, 0.717) is 6.04 Å². The molecule has 0 aliphatic heterocycles. The van der Waals surface area contributed by atoms with Gasteiger partial charge in [-0.15, -0.1) is 0 Å². The van der Waals surface area contributed by atoms with Gasteiger partial charge in [0, 0.05) is 28.8 Å². The molecule has 1 atom stereocenters.